The summed E-state index contributed by atoms with van der Waals surface area (Å²) in [5, 5.41) is 4.05. The van der Waals surface area contributed by atoms with Crippen LogP contribution in [0.5, 0.6) is 0 Å². The van der Waals surface area contributed by atoms with Gasteiger partial charge in [-0.2, -0.15) is 5.10 Å². The predicted octanol–water partition coefficient (Wildman–Crippen LogP) is 0.971. The molecule has 0 saturated heterocycles. The van der Waals surface area contributed by atoms with Crippen molar-refractivity contribution in [3.63, 3.8) is 0 Å². The summed E-state index contributed by atoms with van der Waals surface area (Å²) in [6.45, 7) is 1.93. The van der Waals surface area contributed by atoms with Crippen molar-refractivity contribution in [2.24, 2.45) is 0 Å². The average Bonchev–Trinajstić information content (AvgIpc) is 2.56. The number of hydrogen-bond acceptors (Lipinski definition) is 3. The van der Waals surface area contributed by atoms with Gasteiger partial charge in [-0.25, -0.2) is 14.6 Å². The van der Waals surface area contributed by atoms with Crippen LogP contribution in [0.4, 0.5) is 0 Å². The van der Waals surface area contributed by atoms with Gasteiger partial charge in [0.15, 0.2) is 5.82 Å². The molecule has 0 aliphatic carbocycles. The third-order valence-corrected chi connectivity index (χ3v) is 1.53. The Bertz CT molecular complexity index is 366. The maximum atomic E-state index is 4.07. The fourth-order valence-electron chi connectivity index (χ4n) is 0.970. The molecule has 2 aromatic rings. The van der Waals surface area contributed by atoms with Crippen LogP contribution < -0.4 is 0 Å². The first-order chi connectivity index (χ1) is 5.86. The van der Waals surface area contributed by atoms with Crippen molar-refractivity contribution in [1.29, 1.82) is 0 Å². The lowest BCUT2D eigenvalue weighted by Gasteiger charge is -1.98. The second-order valence-corrected chi connectivity index (χ2v) is 2.47. The van der Waals surface area contributed by atoms with E-state index in [1.165, 1.54) is 6.33 Å². The molecule has 2 rings (SSSR count). The second kappa shape index (κ2) is 2.73. The Morgan fingerprint density at radius 3 is 2.92 bits per heavy atom. The zero-order valence-electron chi connectivity index (χ0n) is 6.68. The molecule has 0 unspecified atom stereocenters. The van der Waals surface area contributed by atoms with Gasteiger partial charge in [0.1, 0.15) is 6.33 Å². The fraction of sp³-hybridized carbons (Fsp3) is 0.125. The zero-order valence-corrected chi connectivity index (χ0v) is 6.68. The van der Waals surface area contributed by atoms with E-state index in [1.54, 1.807) is 10.9 Å². The third kappa shape index (κ3) is 1.18. The fourth-order valence-corrected chi connectivity index (χ4v) is 0.970. The molecule has 0 spiro atoms. The Morgan fingerprint density at radius 2 is 2.25 bits per heavy atom. The molecule has 0 aliphatic rings. The molecular formula is C8H8N4. The molecule has 0 aromatic carbocycles. The van der Waals surface area contributed by atoms with E-state index in [0.29, 0.717) is 0 Å². The Hall–Kier alpha value is -1.71. The summed E-state index contributed by atoms with van der Waals surface area (Å²) < 4.78 is 1.70. The van der Waals surface area contributed by atoms with Crippen molar-refractivity contribution in [1.82, 2.24) is 19.7 Å². The summed E-state index contributed by atoms with van der Waals surface area (Å²) in [6.07, 6.45) is 5.10. The summed E-state index contributed by atoms with van der Waals surface area (Å²) in [6, 6.07) is 3.74. The Labute approximate surface area is 69.9 Å². The lowest BCUT2D eigenvalue weighted by molar-refractivity contribution is 0.835. The summed E-state index contributed by atoms with van der Waals surface area (Å²) in [7, 11) is 0. The Morgan fingerprint density at radius 1 is 1.33 bits per heavy atom. The molecule has 0 aliphatic heterocycles. The van der Waals surface area contributed by atoms with E-state index in [9.17, 15) is 0 Å². The molecule has 0 atom stereocenters. The largest absolute Gasteiger partial charge is 0.242 e. The van der Waals surface area contributed by atoms with Gasteiger partial charge in [-0.15, -0.1) is 0 Å². The Balaban J connectivity index is 2.48. The van der Waals surface area contributed by atoms with E-state index < -0.39 is 0 Å². The van der Waals surface area contributed by atoms with Crippen LogP contribution in [0.1, 0.15) is 5.69 Å². The van der Waals surface area contributed by atoms with E-state index in [-0.39, 0.29) is 0 Å². The van der Waals surface area contributed by atoms with Gasteiger partial charge in [0, 0.05) is 24.2 Å². The molecule has 4 nitrogen and oxygen atoms in total. The molecular weight excluding hydrogens is 152 g/mol. The van der Waals surface area contributed by atoms with Crippen LogP contribution in [0.25, 0.3) is 5.82 Å². The van der Waals surface area contributed by atoms with Crippen LogP contribution in [0.3, 0.4) is 0 Å². The highest BCUT2D eigenvalue weighted by atomic mass is 15.3. The number of aromatic nitrogens is 4. The van der Waals surface area contributed by atoms with E-state index in [4.69, 9.17) is 0 Å². The maximum Gasteiger partial charge on any atom is 0.156 e. The third-order valence-electron chi connectivity index (χ3n) is 1.53. The highest BCUT2D eigenvalue weighted by molar-refractivity contribution is 5.21. The number of nitrogens with zero attached hydrogens (tertiary/aromatic N) is 4. The molecule has 4 heteroatoms. The van der Waals surface area contributed by atoms with Crippen LogP contribution in [-0.4, -0.2) is 19.7 Å². The lowest BCUT2D eigenvalue weighted by Crippen LogP contribution is -1.98. The zero-order chi connectivity index (χ0) is 8.39. The monoisotopic (exact) mass is 160 g/mol. The highest BCUT2D eigenvalue weighted by Crippen LogP contribution is 2.01. The molecule has 0 bridgehead atoms. The SMILES string of the molecule is Cc1cc(-n2cccn2)ncn1. The normalized spacial score (nSPS) is 10.1. The molecule has 60 valence electrons. The second-order valence-electron chi connectivity index (χ2n) is 2.47. The predicted molar refractivity (Wildman–Crippen MR) is 43.9 cm³/mol. The molecule has 2 aromatic heterocycles. The summed E-state index contributed by atoms with van der Waals surface area (Å²) >= 11 is 0. The minimum Gasteiger partial charge on any atom is -0.242 e. The van der Waals surface area contributed by atoms with Crippen molar-refractivity contribution < 1.29 is 0 Å². The van der Waals surface area contributed by atoms with Gasteiger partial charge in [-0.05, 0) is 13.0 Å². The van der Waals surface area contributed by atoms with E-state index in [0.717, 1.165) is 11.5 Å². The number of hydrogen-bond donors (Lipinski definition) is 0. The van der Waals surface area contributed by atoms with Crippen LogP contribution in [0, 0.1) is 6.92 Å². The van der Waals surface area contributed by atoms with Crippen molar-refractivity contribution in [2.75, 3.05) is 0 Å². The summed E-state index contributed by atoms with van der Waals surface area (Å²) in [5.74, 6) is 0.799. The first-order valence-corrected chi connectivity index (χ1v) is 3.65. The molecule has 0 N–H and O–H groups in total. The van der Waals surface area contributed by atoms with Crippen molar-refractivity contribution >= 4 is 0 Å². The van der Waals surface area contributed by atoms with Crippen molar-refractivity contribution in [2.45, 2.75) is 6.92 Å². The van der Waals surface area contributed by atoms with Crippen molar-refractivity contribution in [3.8, 4) is 5.82 Å². The summed E-state index contributed by atoms with van der Waals surface area (Å²) in [5.41, 5.74) is 0.940. The molecule has 2 heterocycles. The first-order valence-electron chi connectivity index (χ1n) is 3.65. The van der Waals surface area contributed by atoms with Gasteiger partial charge in [-0.1, -0.05) is 0 Å². The molecule has 0 radical (unpaired) electrons. The van der Waals surface area contributed by atoms with Crippen LogP contribution >= 0.6 is 0 Å². The van der Waals surface area contributed by atoms with Crippen LogP contribution in [0.2, 0.25) is 0 Å². The molecule has 0 fully saturated rings. The minimum atomic E-state index is 0.799. The van der Waals surface area contributed by atoms with Gasteiger partial charge in [-0.3, -0.25) is 0 Å². The van der Waals surface area contributed by atoms with Gasteiger partial charge < -0.3 is 0 Å². The average molecular weight is 160 g/mol. The standard InChI is InChI=1S/C8H8N4/c1-7-5-8(10-6-9-7)12-4-2-3-11-12/h2-6H,1H3. The highest BCUT2D eigenvalue weighted by Gasteiger charge is 1.96. The van der Waals surface area contributed by atoms with Gasteiger partial charge >= 0.3 is 0 Å². The minimum absolute atomic E-state index is 0.799. The number of aryl methyl sites for hydroxylation is 1. The van der Waals surface area contributed by atoms with Crippen LogP contribution in [-0.2, 0) is 0 Å². The van der Waals surface area contributed by atoms with Crippen LogP contribution in [0.15, 0.2) is 30.9 Å². The van der Waals surface area contributed by atoms with E-state index in [1.807, 2.05) is 25.3 Å². The lowest BCUT2D eigenvalue weighted by atomic mass is 10.4. The summed E-state index contributed by atoms with van der Waals surface area (Å²) in [4.78, 5) is 8.07. The topological polar surface area (TPSA) is 43.6 Å². The quantitative estimate of drug-likeness (QED) is 0.624. The van der Waals surface area contributed by atoms with E-state index >= 15 is 0 Å². The van der Waals surface area contributed by atoms with Gasteiger partial charge in [0.05, 0.1) is 0 Å². The molecule has 0 saturated carbocycles. The first kappa shape index (κ1) is 6.97. The maximum absolute atomic E-state index is 4.07. The van der Waals surface area contributed by atoms with Crippen molar-refractivity contribution in [3.05, 3.63) is 36.5 Å². The van der Waals surface area contributed by atoms with E-state index in [2.05, 4.69) is 15.1 Å². The van der Waals surface area contributed by atoms with Gasteiger partial charge in [0.2, 0.25) is 0 Å². The van der Waals surface area contributed by atoms with Gasteiger partial charge in [0.25, 0.3) is 0 Å². The molecule has 12 heavy (non-hydrogen) atoms. The smallest absolute Gasteiger partial charge is 0.156 e. The Kier molecular flexibility index (Phi) is 1.59. The molecule has 0 amide bonds. The number of rotatable bonds is 1.